The van der Waals surface area contributed by atoms with Gasteiger partial charge in [-0.2, -0.15) is 0 Å². The number of benzene rings is 3. The standard InChI is InChI=1S/C30H22Cl3NO5/c1-16(26(36)17-10-12-18(31)13-11-17)39-23(35)14-15-34-27(37)24-25(28(34)38)30(33)20-7-3-2-6-19(20)29(24,32)21-8-4-5-9-22(21)30/h2-13,16,24-25H,14-15H2,1H3/t16-,24-,25-,29?,30?/m0/s1. The quantitative estimate of drug-likeness (QED) is 0.167. The zero-order chi connectivity index (χ0) is 27.7. The number of carbonyl (C=O) groups excluding carboxylic acids is 4. The summed E-state index contributed by atoms with van der Waals surface area (Å²) < 4.78 is 5.32. The first-order valence-corrected chi connectivity index (χ1v) is 13.7. The fourth-order valence-corrected chi connectivity index (χ4v) is 7.53. The number of esters is 1. The molecule has 3 aromatic rings. The molecule has 0 N–H and O–H groups in total. The van der Waals surface area contributed by atoms with E-state index in [1.165, 1.54) is 6.92 Å². The first-order valence-electron chi connectivity index (χ1n) is 12.5. The molecule has 1 aliphatic heterocycles. The minimum atomic E-state index is -1.28. The molecule has 9 heteroatoms. The van der Waals surface area contributed by atoms with Crippen LogP contribution in [0.4, 0.5) is 0 Å². The molecule has 0 aromatic heterocycles. The Balaban J connectivity index is 1.24. The zero-order valence-corrected chi connectivity index (χ0v) is 23.0. The average Bonchev–Trinajstić information content (AvgIpc) is 3.20. The molecule has 0 spiro atoms. The summed E-state index contributed by atoms with van der Waals surface area (Å²) in [4.78, 5) is 51.4. The van der Waals surface area contributed by atoms with E-state index in [1.807, 2.05) is 48.5 Å². The van der Waals surface area contributed by atoms with Crippen molar-refractivity contribution in [1.29, 1.82) is 0 Å². The van der Waals surface area contributed by atoms with E-state index in [0.717, 1.165) is 4.90 Å². The molecule has 2 amide bonds. The van der Waals surface area contributed by atoms with Gasteiger partial charge in [-0.3, -0.25) is 24.1 Å². The zero-order valence-electron chi connectivity index (χ0n) is 20.7. The number of rotatable bonds is 6. The second kappa shape index (κ2) is 9.19. The van der Waals surface area contributed by atoms with Crippen LogP contribution < -0.4 is 0 Å². The van der Waals surface area contributed by atoms with Crippen molar-refractivity contribution >= 4 is 58.4 Å². The van der Waals surface area contributed by atoms with E-state index in [2.05, 4.69) is 0 Å². The number of Topliss-reactive ketones (excluding diaryl/α,β-unsaturated/α-hetero) is 1. The third-order valence-electron chi connectivity index (χ3n) is 8.02. The number of hydrogen-bond acceptors (Lipinski definition) is 5. The van der Waals surface area contributed by atoms with Gasteiger partial charge in [0.25, 0.3) is 0 Å². The summed E-state index contributed by atoms with van der Waals surface area (Å²) in [6, 6.07) is 21.0. The molecule has 0 unspecified atom stereocenters. The Labute approximate surface area is 239 Å². The van der Waals surface area contributed by atoms with Crippen LogP contribution in [0.1, 0.15) is 46.0 Å². The maximum Gasteiger partial charge on any atom is 0.308 e. The summed E-state index contributed by atoms with van der Waals surface area (Å²) in [5.74, 6) is -3.93. The summed E-state index contributed by atoms with van der Waals surface area (Å²) in [6.07, 6.45) is -1.33. The van der Waals surface area contributed by atoms with Crippen LogP contribution in [0.5, 0.6) is 0 Å². The molecule has 6 nitrogen and oxygen atoms in total. The highest BCUT2D eigenvalue weighted by Crippen LogP contribution is 2.69. The number of ether oxygens (including phenoxy) is 1. The second-order valence-corrected chi connectivity index (χ2v) is 11.7. The van der Waals surface area contributed by atoms with Crippen LogP contribution >= 0.6 is 34.8 Å². The monoisotopic (exact) mass is 581 g/mol. The predicted octanol–water partition coefficient (Wildman–Crippen LogP) is 5.44. The lowest BCUT2D eigenvalue weighted by molar-refractivity contribution is -0.148. The van der Waals surface area contributed by atoms with Crippen LogP contribution in [0.15, 0.2) is 72.8 Å². The van der Waals surface area contributed by atoms with Gasteiger partial charge in [0.15, 0.2) is 6.10 Å². The largest absolute Gasteiger partial charge is 0.454 e. The van der Waals surface area contributed by atoms with E-state index < -0.39 is 45.5 Å². The molecule has 1 heterocycles. The third-order valence-corrected chi connectivity index (χ3v) is 9.56. The van der Waals surface area contributed by atoms with Gasteiger partial charge in [-0.25, -0.2) is 0 Å². The van der Waals surface area contributed by atoms with Crippen LogP contribution in [0.3, 0.4) is 0 Å². The van der Waals surface area contributed by atoms with Gasteiger partial charge in [-0.05, 0) is 53.4 Å². The van der Waals surface area contributed by atoms with Gasteiger partial charge in [0.2, 0.25) is 17.6 Å². The molecule has 1 saturated heterocycles. The van der Waals surface area contributed by atoms with Gasteiger partial charge in [-0.1, -0.05) is 60.1 Å². The molecule has 3 aromatic carbocycles. The summed E-state index contributed by atoms with van der Waals surface area (Å²) in [5, 5.41) is 0.480. The maximum atomic E-state index is 13.8. The smallest absolute Gasteiger partial charge is 0.308 e. The van der Waals surface area contributed by atoms with E-state index >= 15 is 0 Å². The van der Waals surface area contributed by atoms with Crippen molar-refractivity contribution in [2.24, 2.45) is 11.8 Å². The van der Waals surface area contributed by atoms with E-state index in [9.17, 15) is 19.2 Å². The first kappa shape index (κ1) is 26.1. The molecule has 4 aliphatic rings. The minimum Gasteiger partial charge on any atom is -0.454 e. The van der Waals surface area contributed by atoms with Crippen LogP contribution in [-0.2, 0) is 28.9 Å². The summed E-state index contributed by atoms with van der Waals surface area (Å²) >= 11 is 20.6. The number of amides is 2. The molecule has 3 aliphatic carbocycles. The number of alkyl halides is 2. The Morgan fingerprint density at radius 3 is 1.69 bits per heavy atom. The minimum absolute atomic E-state index is 0.210. The van der Waals surface area contributed by atoms with Crippen molar-refractivity contribution < 1.29 is 23.9 Å². The van der Waals surface area contributed by atoms with Gasteiger partial charge in [0.05, 0.1) is 18.3 Å². The van der Waals surface area contributed by atoms with Gasteiger partial charge < -0.3 is 4.74 Å². The Hall–Kier alpha value is -3.19. The molecular formula is C30H22Cl3NO5. The SMILES string of the molecule is C[C@H](OC(=O)CCN1C(=O)[C@@H]2[C@@H](C1=O)C1(Cl)c3ccccc3C2(Cl)c2ccccc21)C(=O)c1ccc(Cl)cc1. The lowest BCUT2D eigenvalue weighted by Crippen LogP contribution is -2.57. The van der Waals surface area contributed by atoms with Gasteiger partial charge in [-0.15, -0.1) is 23.2 Å². The van der Waals surface area contributed by atoms with E-state index in [-0.39, 0.29) is 18.7 Å². The topological polar surface area (TPSA) is 80.8 Å². The number of imide groups is 1. The molecule has 0 radical (unpaired) electrons. The fraction of sp³-hybridized carbons (Fsp3) is 0.267. The third kappa shape index (κ3) is 3.62. The van der Waals surface area contributed by atoms with Crippen LogP contribution in [0.2, 0.25) is 5.02 Å². The number of hydrogen-bond donors (Lipinski definition) is 0. The highest BCUT2D eigenvalue weighted by Gasteiger charge is 2.72. The number of ketones is 1. The summed E-state index contributed by atoms with van der Waals surface area (Å²) in [6.45, 7) is 1.26. The molecule has 2 bridgehead atoms. The maximum absolute atomic E-state index is 13.8. The number of halogens is 3. The Morgan fingerprint density at radius 1 is 0.821 bits per heavy atom. The van der Waals surface area contributed by atoms with Crippen LogP contribution in [0, 0.1) is 11.8 Å². The van der Waals surface area contributed by atoms with Gasteiger partial charge in [0.1, 0.15) is 9.75 Å². The predicted molar refractivity (Wildman–Crippen MR) is 146 cm³/mol. The number of carbonyl (C=O) groups is 4. The Kier molecular flexibility index (Phi) is 6.14. The summed E-state index contributed by atoms with van der Waals surface area (Å²) in [5.41, 5.74) is 3.18. The van der Waals surface area contributed by atoms with E-state index in [0.29, 0.717) is 32.8 Å². The molecule has 198 valence electrons. The van der Waals surface area contributed by atoms with E-state index in [4.69, 9.17) is 39.5 Å². The molecule has 1 fully saturated rings. The number of likely N-dealkylation sites (tertiary alicyclic amines) is 1. The number of nitrogens with zero attached hydrogens (tertiary/aromatic N) is 1. The van der Waals surface area contributed by atoms with E-state index in [1.54, 1.807) is 24.3 Å². The molecule has 39 heavy (non-hydrogen) atoms. The van der Waals surface area contributed by atoms with Crippen molar-refractivity contribution in [2.45, 2.75) is 29.2 Å². The lowest BCUT2D eigenvalue weighted by Gasteiger charge is -2.54. The Bertz CT molecular complexity index is 1430. The Morgan fingerprint density at radius 2 is 1.26 bits per heavy atom. The fourth-order valence-electron chi connectivity index (χ4n) is 6.31. The molecular weight excluding hydrogens is 561 g/mol. The summed E-state index contributed by atoms with van der Waals surface area (Å²) in [7, 11) is 0. The van der Waals surface area contributed by atoms with Crippen molar-refractivity contribution in [3.8, 4) is 0 Å². The van der Waals surface area contributed by atoms with Crippen LogP contribution in [0.25, 0.3) is 0 Å². The normalized spacial score (nSPS) is 27.0. The van der Waals surface area contributed by atoms with Crippen molar-refractivity contribution in [2.75, 3.05) is 6.54 Å². The second-order valence-electron chi connectivity index (χ2n) is 10.1. The van der Waals surface area contributed by atoms with Gasteiger partial charge >= 0.3 is 5.97 Å². The van der Waals surface area contributed by atoms with Crippen molar-refractivity contribution in [3.05, 3.63) is 106 Å². The van der Waals surface area contributed by atoms with Crippen molar-refractivity contribution in [3.63, 3.8) is 0 Å². The highest BCUT2D eigenvalue weighted by molar-refractivity contribution is 6.36. The molecule has 0 saturated carbocycles. The van der Waals surface area contributed by atoms with Crippen molar-refractivity contribution in [1.82, 2.24) is 4.90 Å². The lowest BCUT2D eigenvalue weighted by atomic mass is 9.54. The van der Waals surface area contributed by atoms with Crippen LogP contribution in [-0.4, -0.2) is 41.1 Å². The van der Waals surface area contributed by atoms with Gasteiger partial charge in [0, 0.05) is 17.1 Å². The highest BCUT2D eigenvalue weighted by atomic mass is 35.5. The first-order chi connectivity index (χ1) is 18.6. The molecule has 7 rings (SSSR count). The molecule has 3 atom stereocenters. The average molecular weight is 583 g/mol.